The van der Waals surface area contributed by atoms with E-state index in [1.807, 2.05) is 4.90 Å². The number of nitrogens with zero attached hydrogens (tertiary/aromatic N) is 1. The van der Waals surface area contributed by atoms with Gasteiger partial charge in [-0.15, -0.1) is 0 Å². The van der Waals surface area contributed by atoms with Gasteiger partial charge in [-0.05, 0) is 44.3 Å². The van der Waals surface area contributed by atoms with E-state index in [4.69, 9.17) is 27.8 Å². The Bertz CT molecular complexity index is 329. The molecule has 0 spiro atoms. The van der Waals surface area contributed by atoms with Gasteiger partial charge < -0.3 is 25.6 Å². The number of unbranched alkanes of at least 4 members (excludes halogenated alkanes) is 3. The Balaban J connectivity index is 3.73. The highest BCUT2D eigenvalue weighted by Crippen LogP contribution is 2.09. The smallest absolute Gasteiger partial charge is 0.329 e. The molecule has 4 N–H and O–H groups in total. The van der Waals surface area contributed by atoms with Crippen LogP contribution in [0.1, 0.15) is 58.3 Å². The van der Waals surface area contributed by atoms with Crippen LogP contribution in [0.2, 0.25) is 0 Å². The van der Waals surface area contributed by atoms with Crippen molar-refractivity contribution in [2.45, 2.75) is 64.4 Å². The number of carboxylic acids is 1. The molecule has 0 aliphatic rings. The van der Waals surface area contributed by atoms with Crippen molar-refractivity contribution in [2.24, 2.45) is 5.73 Å². The van der Waals surface area contributed by atoms with Gasteiger partial charge in [-0.1, -0.05) is 26.2 Å². The van der Waals surface area contributed by atoms with Crippen LogP contribution < -0.4 is 5.73 Å². The molecule has 0 aromatic rings. The molecule has 0 amide bonds. The molecule has 136 valence electrons. The average molecular weight is 349 g/mol. The zero-order valence-electron chi connectivity index (χ0n) is 14.2. The Labute approximate surface area is 145 Å². The van der Waals surface area contributed by atoms with Gasteiger partial charge in [0.25, 0.3) is 0 Å². The van der Waals surface area contributed by atoms with Crippen molar-refractivity contribution in [2.75, 3.05) is 26.3 Å². The van der Waals surface area contributed by atoms with Crippen LogP contribution in [0.25, 0.3) is 0 Å². The van der Waals surface area contributed by atoms with Crippen LogP contribution >= 0.6 is 12.2 Å². The van der Waals surface area contributed by atoms with Crippen molar-refractivity contribution in [3.8, 4) is 0 Å². The summed E-state index contributed by atoms with van der Waals surface area (Å²) in [7, 11) is 0. The Morgan fingerprint density at radius 2 is 1.83 bits per heavy atom. The number of nitrogens with two attached hydrogens (primary N) is 1. The highest BCUT2D eigenvalue weighted by atomic mass is 32.1. The number of thiocarbonyl (C=S) groups is 1. The zero-order chi connectivity index (χ0) is 17.5. The van der Waals surface area contributed by atoms with Gasteiger partial charge >= 0.3 is 5.97 Å². The van der Waals surface area contributed by atoms with Gasteiger partial charge in [-0.2, -0.15) is 0 Å². The van der Waals surface area contributed by atoms with E-state index >= 15 is 0 Å². The second-order valence-electron chi connectivity index (χ2n) is 5.77. The summed E-state index contributed by atoms with van der Waals surface area (Å²) < 4.78 is 4.98. The first-order chi connectivity index (χ1) is 11.0. The number of aliphatic carboxylic acids is 1. The molecule has 1 unspecified atom stereocenters. The Morgan fingerprint density at radius 3 is 2.43 bits per heavy atom. The minimum absolute atomic E-state index is 0.237. The highest BCUT2D eigenvalue weighted by Gasteiger charge is 2.09. The number of aliphatic hydroxyl groups is 1. The molecule has 0 heterocycles. The molecule has 6 nitrogen and oxygen atoms in total. The van der Waals surface area contributed by atoms with Crippen molar-refractivity contribution < 1.29 is 19.7 Å². The fourth-order valence-electron chi connectivity index (χ4n) is 2.29. The van der Waals surface area contributed by atoms with Crippen molar-refractivity contribution in [3.05, 3.63) is 0 Å². The van der Waals surface area contributed by atoms with Gasteiger partial charge in [0.2, 0.25) is 0 Å². The number of hydrogen-bond donors (Lipinski definition) is 3. The third-order valence-electron chi connectivity index (χ3n) is 3.61. The number of rotatable bonds is 15. The molecule has 0 fully saturated rings. The Hall–Kier alpha value is -0.920. The van der Waals surface area contributed by atoms with Crippen LogP contribution in [0.3, 0.4) is 0 Å². The number of aliphatic hydroxyl groups excluding tert-OH is 1. The Morgan fingerprint density at radius 1 is 1.17 bits per heavy atom. The molecule has 0 saturated heterocycles. The molecular formula is C16H32N2O4S. The van der Waals surface area contributed by atoms with Crippen LogP contribution in [0.5, 0.6) is 0 Å². The molecular weight excluding hydrogens is 316 g/mol. The van der Waals surface area contributed by atoms with Gasteiger partial charge in [0, 0.05) is 19.7 Å². The normalized spacial score (nSPS) is 12.1. The molecule has 7 heteroatoms. The van der Waals surface area contributed by atoms with Gasteiger partial charge in [0.15, 0.2) is 5.11 Å². The predicted molar refractivity (Wildman–Crippen MR) is 95.4 cm³/mol. The maximum Gasteiger partial charge on any atom is 0.329 e. The fourth-order valence-corrected chi connectivity index (χ4v) is 2.47. The number of ether oxygens (including phenoxy) is 1. The molecule has 0 aliphatic heterocycles. The second-order valence-corrected chi connectivity index (χ2v) is 6.19. The van der Waals surface area contributed by atoms with E-state index in [2.05, 4.69) is 6.92 Å². The number of hydrogen-bond acceptors (Lipinski definition) is 4. The van der Waals surface area contributed by atoms with E-state index in [1.54, 1.807) is 0 Å². The second kappa shape index (κ2) is 14.7. The van der Waals surface area contributed by atoms with Crippen molar-refractivity contribution in [3.63, 3.8) is 0 Å². The standard InChI is InChI=1S/C16H32N2O4S/c1-2-3-4-8-14(19)9-7-11-18(16(17)23)10-5-6-12-22-13-15(20)21/h14,19H,2-13H2,1H3,(H2,17,23)(H,20,21). The molecule has 23 heavy (non-hydrogen) atoms. The lowest BCUT2D eigenvalue weighted by Crippen LogP contribution is -2.37. The van der Waals surface area contributed by atoms with E-state index in [0.717, 1.165) is 58.0 Å². The lowest BCUT2D eigenvalue weighted by Gasteiger charge is -2.23. The van der Waals surface area contributed by atoms with Gasteiger partial charge in [0.1, 0.15) is 6.61 Å². The molecule has 0 saturated carbocycles. The highest BCUT2D eigenvalue weighted by molar-refractivity contribution is 7.80. The maximum atomic E-state index is 10.3. The fraction of sp³-hybridized carbons (Fsp3) is 0.875. The molecule has 0 radical (unpaired) electrons. The molecule has 0 aromatic carbocycles. The first-order valence-electron chi connectivity index (χ1n) is 8.49. The minimum atomic E-state index is -0.952. The third-order valence-corrected chi connectivity index (χ3v) is 3.87. The van der Waals surface area contributed by atoms with E-state index in [9.17, 15) is 9.90 Å². The summed E-state index contributed by atoms with van der Waals surface area (Å²) in [4.78, 5) is 12.2. The lowest BCUT2D eigenvalue weighted by atomic mass is 10.1. The van der Waals surface area contributed by atoms with Gasteiger partial charge in [-0.25, -0.2) is 4.79 Å². The van der Waals surface area contributed by atoms with Crippen LogP contribution in [0, 0.1) is 0 Å². The summed E-state index contributed by atoms with van der Waals surface area (Å²) in [6, 6.07) is 0. The zero-order valence-corrected chi connectivity index (χ0v) is 15.0. The van der Waals surface area contributed by atoms with Crippen molar-refractivity contribution in [1.82, 2.24) is 4.90 Å². The first kappa shape index (κ1) is 22.1. The van der Waals surface area contributed by atoms with Crippen LogP contribution in [0.4, 0.5) is 0 Å². The lowest BCUT2D eigenvalue weighted by molar-refractivity contribution is -0.142. The summed E-state index contributed by atoms with van der Waals surface area (Å²) in [5.41, 5.74) is 5.72. The van der Waals surface area contributed by atoms with Crippen molar-refractivity contribution >= 4 is 23.3 Å². The summed E-state index contributed by atoms with van der Waals surface area (Å²) >= 11 is 5.05. The molecule has 0 aromatic heterocycles. The van der Waals surface area contributed by atoms with Gasteiger partial charge in [0.05, 0.1) is 6.10 Å². The van der Waals surface area contributed by atoms with Crippen LogP contribution in [-0.4, -0.2) is 58.6 Å². The quantitative estimate of drug-likeness (QED) is 0.308. The molecule has 1 atom stereocenters. The first-order valence-corrected chi connectivity index (χ1v) is 8.90. The largest absolute Gasteiger partial charge is 0.480 e. The van der Waals surface area contributed by atoms with Crippen LogP contribution in [0.15, 0.2) is 0 Å². The number of carboxylic acid groups (broad SMARTS) is 1. The predicted octanol–water partition coefficient (Wildman–Crippen LogP) is 2.13. The van der Waals surface area contributed by atoms with E-state index in [0.29, 0.717) is 11.7 Å². The van der Waals surface area contributed by atoms with E-state index in [1.165, 1.54) is 6.42 Å². The monoisotopic (exact) mass is 348 g/mol. The molecule has 0 aliphatic carbocycles. The summed E-state index contributed by atoms with van der Waals surface area (Å²) in [5.74, 6) is -0.952. The third kappa shape index (κ3) is 14.4. The SMILES string of the molecule is CCCCCC(O)CCCN(CCCCOCC(=O)O)C(N)=S. The number of carbonyl (C=O) groups is 1. The Kier molecular flexibility index (Phi) is 14.1. The van der Waals surface area contributed by atoms with Crippen LogP contribution in [-0.2, 0) is 9.53 Å². The molecule has 0 bridgehead atoms. The van der Waals surface area contributed by atoms with Crippen molar-refractivity contribution in [1.29, 1.82) is 0 Å². The average Bonchev–Trinajstić information content (AvgIpc) is 2.48. The van der Waals surface area contributed by atoms with Gasteiger partial charge in [-0.3, -0.25) is 0 Å². The van der Waals surface area contributed by atoms with E-state index in [-0.39, 0.29) is 12.7 Å². The summed E-state index contributed by atoms with van der Waals surface area (Å²) in [6.07, 6.45) is 7.28. The van der Waals surface area contributed by atoms with E-state index < -0.39 is 5.97 Å². The summed E-state index contributed by atoms with van der Waals surface area (Å²) in [5, 5.41) is 18.7. The summed E-state index contributed by atoms with van der Waals surface area (Å²) in [6.45, 7) is 3.80. The topological polar surface area (TPSA) is 96.0 Å². The minimum Gasteiger partial charge on any atom is -0.480 e. The molecule has 0 rings (SSSR count). The maximum absolute atomic E-state index is 10.3.